The summed E-state index contributed by atoms with van der Waals surface area (Å²) in [7, 11) is -3.80. The Morgan fingerprint density at radius 2 is 1.90 bits per heavy atom. The van der Waals surface area contributed by atoms with Crippen LogP contribution in [0, 0.1) is 0 Å². The Kier molecular flexibility index (Phi) is 8.59. The molecule has 8 heteroatoms. The van der Waals surface area contributed by atoms with E-state index in [1.54, 1.807) is 11.3 Å². The molecule has 2 rings (SSSR count). The summed E-state index contributed by atoms with van der Waals surface area (Å²) >= 11 is 1.56. The summed E-state index contributed by atoms with van der Waals surface area (Å²) in [6, 6.07) is 0. The van der Waals surface area contributed by atoms with E-state index >= 15 is 0 Å². The Morgan fingerprint density at radius 1 is 1.20 bits per heavy atom. The molecule has 0 saturated heterocycles. The third-order valence-corrected chi connectivity index (χ3v) is 4.49. The maximum atomic E-state index is 10.5. The molecule has 1 aliphatic heterocycles. The van der Waals surface area contributed by atoms with E-state index in [1.807, 2.05) is 10.8 Å². The van der Waals surface area contributed by atoms with Gasteiger partial charge in [0.2, 0.25) is 0 Å². The van der Waals surface area contributed by atoms with Crippen molar-refractivity contribution in [2.75, 3.05) is 12.4 Å². The number of hydrogen-bond donors (Lipinski definition) is 1. The Hall–Kier alpha value is 0.846. The predicted molar refractivity (Wildman–Crippen MR) is 80.9 cm³/mol. The molecule has 0 fully saturated rings. The van der Waals surface area contributed by atoms with Gasteiger partial charge in [0.05, 0.1) is 5.75 Å². The van der Waals surface area contributed by atoms with Crippen LogP contribution in [-0.4, -0.2) is 82.8 Å². The van der Waals surface area contributed by atoms with Crippen LogP contribution in [0.4, 0.5) is 0 Å². The zero-order chi connectivity index (χ0) is 13.7. The van der Waals surface area contributed by atoms with Gasteiger partial charge in [0, 0.05) is 10.8 Å². The number of rotatable bonds is 7. The van der Waals surface area contributed by atoms with E-state index < -0.39 is 10.1 Å². The summed E-state index contributed by atoms with van der Waals surface area (Å²) in [5.41, 5.74) is 0. The van der Waals surface area contributed by atoms with Crippen LogP contribution >= 0.6 is 11.3 Å². The van der Waals surface area contributed by atoms with E-state index in [0.717, 1.165) is 37.2 Å². The topological polar surface area (TPSA) is 72.8 Å². The molecule has 0 spiro atoms. The molecule has 1 aromatic rings. The van der Waals surface area contributed by atoms with E-state index in [9.17, 15) is 8.42 Å². The van der Waals surface area contributed by atoms with Crippen molar-refractivity contribution in [3.63, 3.8) is 0 Å². The maximum absolute atomic E-state index is 10.5. The van der Waals surface area contributed by atoms with Gasteiger partial charge in [-0.1, -0.05) is 12.8 Å². The van der Waals surface area contributed by atoms with Crippen molar-refractivity contribution < 1.29 is 22.4 Å². The molecule has 1 aromatic heterocycles. The number of ether oxygens (including phenoxy) is 2. The van der Waals surface area contributed by atoms with Gasteiger partial charge < -0.3 is 9.47 Å². The van der Waals surface area contributed by atoms with Crippen LogP contribution in [0.2, 0.25) is 0 Å². The molecule has 2 heterocycles. The number of unbranched alkanes of at least 4 members (excludes halogenated alkanes) is 3. The number of thiophene rings is 1. The third kappa shape index (κ3) is 6.74. The van der Waals surface area contributed by atoms with E-state index in [2.05, 4.69) is 0 Å². The fourth-order valence-electron chi connectivity index (χ4n) is 2.01. The van der Waals surface area contributed by atoms with E-state index in [0.29, 0.717) is 13.0 Å². The Bertz CT molecular complexity index is 500. The molecule has 0 aliphatic carbocycles. The third-order valence-electron chi connectivity index (χ3n) is 2.99. The van der Waals surface area contributed by atoms with Gasteiger partial charge in [0.25, 0.3) is 10.1 Å². The van der Waals surface area contributed by atoms with Crippen molar-refractivity contribution in [1.82, 2.24) is 0 Å². The summed E-state index contributed by atoms with van der Waals surface area (Å²) in [5, 5.41) is 3.87. The molecular formula is C12H19KO5S2. The predicted octanol–water partition coefficient (Wildman–Crippen LogP) is 2.08. The summed E-state index contributed by atoms with van der Waals surface area (Å²) in [5.74, 6) is 1.51. The SMILES string of the molecule is O=S(=O)(O)CCCCCCC1COc2cscc2O1.[KH]. The monoisotopic (exact) mass is 346 g/mol. The first-order valence-electron chi connectivity index (χ1n) is 6.35. The first-order chi connectivity index (χ1) is 9.04. The van der Waals surface area contributed by atoms with Gasteiger partial charge in [-0.2, -0.15) is 8.42 Å². The standard InChI is InChI=1S/C12H18O5S2.K.H/c13-19(14,15)6-4-2-1-3-5-10-7-16-11-8-18-9-12(11)17-10;;/h8-10H,1-7H2,(H,13,14,15);;. The van der Waals surface area contributed by atoms with Gasteiger partial charge in [0.1, 0.15) is 12.7 Å². The average Bonchev–Trinajstić information content (AvgIpc) is 2.79. The van der Waals surface area contributed by atoms with Crippen LogP contribution in [0.5, 0.6) is 11.5 Å². The van der Waals surface area contributed by atoms with Crippen LogP contribution < -0.4 is 9.47 Å². The second-order valence-corrected chi connectivity index (χ2v) is 6.96. The van der Waals surface area contributed by atoms with Crippen LogP contribution in [0.25, 0.3) is 0 Å². The molecular weight excluding hydrogens is 327 g/mol. The molecule has 1 N–H and O–H groups in total. The van der Waals surface area contributed by atoms with Crippen molar-refractivity contribution in [3.05, 3.63) is 10.8 Å². The zero-order valence-electron chi connectivity index (χ0n) is 10.6. The van der Waals surface area contributed by atoms with Crippen LogP contribution in [0.15, 0.2) is 10.8 Å². The molecule has 0 aromatic carbocycles. The van der Waals surface area contributed by atoms with Crippen molar-refractivity contribution in [1.29, 1.82) is 0 Å². The van der Waals surface area contributed by atoms with E-state index in [-0.39, 0.29) is 63.2 Å². The van der Waals surface area contributed by atoms with Gasteiger partial charge in [-0.25, -0.2) is 0 Å². The molecule has 1 atom stereocenters. The molecule has 20 heavy (non-hydrogen) atoms. The van der Waals surface area contributed by atoms with Gasteiger partial charge in [-0.3, -0.25) is 4.55 Å². The Balaban J connectivity index is 0.00000200. The molecule has 1 unspecified atom stereocenters. The van der Waals surface area contributed by atoms with E-state index in [4.69, 9.17) is 14.0 Å². The normalized spacial score (nSPS) is 17.6. The van der Waals surface area contributed by atoms with Crippen molar-refractivity contribution in [2.45, 2.75) is 38.2 Å². The molecule has 5 nitrogen and oxygen atoms in total. The van der Waals surface area contributed by atoms with Gasteiger partial charge in [0.15, 0.2) is 11.5 Å². The minimum atomic E-state index is -3.80. The molecule has 110 valence electrons. The number of fused-ring (bicyclic) bond motifs is 1. The molecule has 0 amide bonds. The second-order valence-electron chi connectivity index (χ2n) is 4.64. The molecule has 0 bridgehead atoms. The van der Waals surface area contributed by atoms with Crippen LogP contribution in [-0.2, 0) is 10.1 Å². The number of hydrogen-bond acceptors (Lipinski definition) is 5. The molecule has 0 saturated carbocycles. The van der Waals surface area contributed by atoms with Gasteiger partial charge in [-0.05, 0) is 19.3 Å². The van der Waals surface area contributed by atoms with Crippen molar-refractivity contribution in [3.8, 4) is 11.5 Å². The zero-order valence-corrected chi connectivity index (χ0v) is 12.2. The summed E-state index contributed by atoms with van der Waals surface area (Å²) in [6.07, 6.45) is 4.21. The van der Waals surface area contributed by atoms with Gasteiger partial charge >= 0.3 is 51.4 Å². The quantitative estimate of drug-likeness (QED) is 0.465. The Morgan fingerprint density at radius 3 is 2.65 bits per heavy atom. The van der Waals surface area contributed by atoms with Gasteiger partial charge in [-0.15, -0.1) is 11.3 Å². The van der Waals surface area contributed by atoms with Crippen LogP contribution in [0.3, 0.4) is 0 Å². The van der Waals surface area contributed by atoms with Crippen molar-refractivity contribution >= 4 is 72.8 Å². The fraction of sp³-hybridized carbons (Fsp3) is 0.667. The minimum absolute atomic E-state index is 0. The summed E-state index contributed by atoms with van der Waals surface area (Å²) in [4.78, 5) is 0. The Labute approximate surface area is 166 Å². The first-order valence-corrected chi connectivity index (χ1v) is 8.90. The van der Waals surface area contributed by atoms with E-state index in [1.165, 1.54) is 0 Å². The van der Waals surface area contributed by atoms with Crippen molar-refractivity contribution in [2.24, 2.45) is 0 Å². The molecule has 0 radical (unpaired) electrons. The summed E-state index contributed by atoms with van der Waals surface area (Å²) in [6.45, 7) is 0.578. The molecule has 1 aliphatic rings. The second kappa shape index (κ2) is 9.09. The first kappa shape index (κ1) is 18.9. The van der Waals surface area contributed by atoms with Crippen LogP contribution in [0.1, 0.15) is 32.1 Å². The fourth-order valence-corrected chi connectivity index (χ4v) is 3.25. The average molecular weight is 347 g/mol. The summed E-state index contributed by atoms with van der Waals surface area (Å²) < 4.78 is 41.0.